The Morgan fingerprint density at radius 3 is 2.48 bits per heavy atom. The molecule has 0 saturated carbocycles. The molecule has 1 saturated heterocycles. The van der Waals surface area contributed by atoms with Crippen LogP contribution in [0, 0.1) is 5.82 Å². The first-order chi connectivity index (χ1) is 10.8. The molecule has 2 rings (SSSR count). The van der Waals surface area contributed by atoms with Gasteiger partial charge in [-0.15, -0.1) is 0 Å². The molecule has 1 fully saturated rings. The van der Waals surface area contributed by atoms with Gasteiger partial charge in [-0.3, -0.25) is 19.3 Å². The number of nitrogens with one attached hydrogen (secondary N) is 1. The molecule has 5 amide bonds. The fraction of sp³-hybridized carbons (Fsp3) is 0.286. The highest BCUT2D eigenvalue weighted by Crippen LogP contribution is 2.19. The van der Waals surface area contributed by atoms with Crippen molar-refractivity contribution in [2.75, 3.05) is 18.4 Å². The molecule has 0 spiro atoms. The zero-order chi connectivity index (χ0) is 17.1. The minimum atomic E-state index is -1.07. The lowest BCUT2D eigenvalue weighted by molar-refractivity contribution is -0.143. The number of carbonyl (C=O) groups is 4. The van der Waals surface area contributed by atoms with Gasteiger partial charge in [-0.05, 0) is 24.6 Å². The Morgan fingerprint density at radius 2 is 1.87 bits per heavy atom. The maximum absolute atomic E-state index is 13.6. The van der Waals surface area contributed by atoms with E-state index in [1.165, 1.54) is 12.1 Å². The highest BCUT2D eigenvalue weighted by atomic mass is 35.5. The van der Waals surface area contributed by atoms with Gasteiger partial charge in [0.15, 0.2) is 0 Å². The van der Waals surface area contributed by atoms with Gasteiger partial charge in [0.25, 0.3) is 0 Å². The molecule has 0 aliphatic carbocycles. The van der Waals surface area contributed by atoms with Crippen molar-refractivity contribution in [3.63, 3.8) is 0 Å². The van der Waals surface area contributed by atoms with Gasteiger partial charge in [0.05, 0.1) is 5.69 Å². The van der Waals surface area contributed by atoms with E-state index in [1.54, 1.807) is 6.92 Å². The van der Waals surface area contributed by atoms with Crippen LogP contribution >= 0.6 is 11.6 Å². The van der Waals surface area contributed by atoms with Gasteiger partial charge in [-0.1, -0.05) is 18.5 Å². The van der Waals surface area contributed by atoms with E-state index in [0.29, 0.717) is 11.3 Å². The van der Waals surface area contributed by atoms with Crippen molar-refractivity contribution in [2.24, 2.45) is 0 Å². The molecule has 1 aromatic carbocycles. The van der Waals surface area contributed by atoms with Crippen molar-refractivity contribution in [2.45, 2.75) is 13.3 Å². The van der Waals surface area contributed by atoms with Crippen LogP contribution in [0.4, 0.5) is 14.9 Å². The largest absolute Gasteiger partial charge is 0.334 e. The van der Waals surface area contributed by atoms with Crippen molar-refractivity contribution in [1.82, 2.24) is 9.80 Å². The second kappa shape index (κ2) is 6.74. The third-order valence-electron chi connectivity index (χ3n) is 3.09. The molecule has 1 aliphatic heterocycles. The lowest BCUT2D eigenvalue weighted by Crippen LogP contribution is -2.39. The van der Waals surface area contributed by atoms with Crippen molar-refractivity contribution in [1.29, 1.82) is 0 Å². The number of anilines is 1. The van der Waals surface area contributed by atoms with Gasteiger partial charge in [-0.2, -0.15) is 0 Å². The summed E-state index contributed by atoms with van der Waals surface area (Å²) in [4.78, 5) is 48.5. The predicted octanol–water partition coefficient (Wildman–Crippen LogP) is 1.62. The van der Waals surface area contributed by atoms with Crippen molar-refractivity contribution >= 4 is 41.0 Å². The molecule has 0 bridgehead atoms. The summed E-state index contributed by atoms with van der Waals surface area (Å²) in [6.07, 6.45) is 0.487. The van der Waals surface area contributed by atoms with Gasteiger partial charge >= 0.3 is 17.8 Å². The second-order valence-electron chi connectivity index (χ2n) is 4.80. The zero-order valence-corrected chi connectivity index (χ0v) is 12.9. The summed E-state index contributed by atoms with van der Waals surface area (Å²) in [6.45, 7) is 1.16. The van der Waals surface area contributed by atoms with Crippen LogP contribution < -0.4 is 5.32 Å². The van der Waals surface area contributed by atoms with Crippen LogP contribution in [0.2, 0.25) is 5.02 Å². The van der Waals surface area contributed by atoms with Crippen LogP contribution in [-0.2, 0) is 14.4 Å². The molecule has 0 aromatic heterocycles. The van der Waals surface area contributed by atoms with Gasteiger partial charge < -0.3 is 5.32 Å². The van der Waals surface area contributed by atoms with E-state index in [-0.39, 0.29) is 17.3 Å². The predicted molar refractivity (Wildman–Crippen MR) is 79.2 cm³/mol. The highest BCUT2D eigenvalue weighted by Gasteiger charge is 2.44. The molecule has 0 unspecified atom stereocenters. The number of nitrogens with zero attached hydrogens (tertiary/aromatic N) is 2. The number of hydrogen-bond acceptors (Lipinski definition) is 4. The maximum Gasteiger partial charge on any atom is 0.334 e. The minimum Gasteiger partial charge on any atom is -0.322 e. The number of carbonyl (C=O) groups excluding carboxylic acids is 4. The summed E-state index contributed by atoms with van der Waals surface area (Å²) in [5.74, 6) is -3.61. The molecule has 1 heterocycles. The molecule has 1 aromatic rings. The molecule has 122 valence electrons. The van der Waals surface area contributed by atoms with Gasteiger partial charge in [0.1, 0.15) is 12.4 Å². The maximum atomic E-state index is 13.6. The fourth-order valence-electron chi connectivity index (χ4n) is 2.03. The van der Waals surface area contributed by atoms with Crippen LogP contribution in [0.15, 0.2) is 18.2 Å². The molecule has 0 atom stereocenters. The molecule has 7 nitrogen and oxygen atoms in total. The van der Waals surface area contributed by atoms with E-state index in [1.807, 2.05) is 0 Å². The number of halogens is 2. The van der Waals surface area contributed by atoms with Crippen molar-refractivity contribution in [3.05, 3.63) is 29.0 Å². The first-order valence-electron chi connectivity index (χ1n) is 6.77. The van der Waals surface area contributed by atoms with E-state index in [9.17, 15) is 23.6 Å². The van der Waals surface area contributed by atoms with Crippen molar-refractivity contribution < 1.29 is 23.6 Å². The second-order valence-corrected chi connectivity index (χ2v) is 5.24. The summed E-state index contributed by atoms with van der Waals surface area (Å²) >= 11 is 5.60. The third-order valence-corrected chi connectivity index (χ3v) is 3.32. The highest BCUT2D eigenvalue weighted by molar-refractivity contribution is 6.45. The molecule has 0 radical (unpaired) electrons. The van der Waals surface area contributed by atoms with Gasteiger partial charge in [0, 0.05) is 11.6 Å². The number of urea groups is 1. The Labute approximate surface area is 136 Å². The minimum absolute atomic E-state index is 0.0906. The number of rotatable bonds is 5. The first kappa shape index (κ1) is 16.9. The molecule has 23 heavy (non-hydrogen) atoms. The lowest BCUT2D eigenvalue weighted by Gasteiger charge is -2.14. The SMILES string of the molecule is CCCN1C(=O)C(=O)N(CC(=O)Nc2ccc(Cl)cc2F)C1=O. The van der Waals surface area contributed by atoms with Gasteiger partial charge in [0.2, 0.25) is 5.91 Å². The number of amides is 5. The Morgan fingerprint density at radius 1 is 1.22 bits per heavy atom. The summed E-state index contributed by atoms with van der Waals surface area (Å²) < 4.78 is 13.6. The standard InChI is InChI=1S/C14H13ClFN3O4/c1-2-5-18-12(21)13(22)19(14(18)23)7-11(20)17-10-4-3-8(15)6-9(10)16/h3-4,6H,2,5,7H2,1H3,(H,17,20). The summed E-state index contributed by atoms with van der Waals surface area (Å²) in [6, 6.07) is 2.78. The Balaban J connectivity index is 2.06. The molecule has 9 heteroatoms. The summed E-state index contributed by atoms with van der Waals surface area (Å²) in [5.41, 5.74) is -0.143. The van der Waals surface area contributed by atoms with E-state index in [2.05, 4.69) is 5.32 Å². The van der Waals surface area contributed by atoms with Crippen molar-refractivity contribution in [3.8, 4) is 0 Å². The monoisotopic (exact) mass is 341 g/mol. The molecule has 1 N–H and O–H groups in total. The third kappa shape index (κ3) is 3.48. The van der Waals surface area contributed by atoms with E-state index in [0.717, 1.165) is 11.0 Å². The first-order valence-corrected chi connectivity index (χ1v) is 7.15. The zero-order valence-electron chi connectivity index (χ0n) is 12.1. The normalized spacial score (nSPS) is 14.7. The van der Waals surface area contributed by atoms with E-state index >= 15 is 0 Å². The Bertz CT molecular complexity index is 695. The van der Waals surface area contributed by atoms with Crippen LogP contribution in [0.1, 0.15) is 13.3 Å². The number of imide groups is 2. The Hall–Kier alpha value is -2.48. The van der Waals surface area contributed by atoms with E-state index in [4.69, 9.17) is 11.6 Å². The molecule has 1 aliphatic rings. The molecular formula is C14H13ClFN3O4. The number of benzene rings is 1. The van der Waals surface area contributed by atoms with Crippen LogP contribution in [0.3, 0.4) is 0 Å². The topological polar surface area (TPSA) is 86.8 Å². The smallest absolute Gasteiger partial charge is 0.322 e. The lowest BCUT2D eigenvalue weighted by atomic mass is 10.3. The van der Waals surface area contributed by atoms with Crippen LogP contribution in [0.5, 0.6) is 0 Å². The summed E-state index contributed by atoms with van der Waals surface area (Å²) in [5, 5.41) is 2.38. The number of hydrogen-bond donors (Lipinski definition) is 1. The Kier molecular flexibility index (Phi) is 4.95. The quantitative estimate of drug-likeness (QED) is 0.651. The van der Waals surface area contributed by atoms with Gasteiger partial charge in [-0.25, -0.2) is 14.1 Å². The average molecular weight is 342 g/mol. The molecular weight excluding hydrogens is 329 g/mol. The van der Waals surface area contributed by atoms with Crippen LogP contribution in [-0.4, -0.2) is 46.6 Å². The van der Waals surface area contributed by atoms with Crippen LogP contribution in [0.25, 0.3) is 0 Å². The fourth-order valence-corrected chi connectivity index (χ4v) is 2.19. The average Bonchev–Trinajstić information content (AvgIpc) is 2.68. The summed E-state index contributed by atoms with van der Waals surface area (Å²) in [7, 11) is 0. The van der Waals surface area contributed by atoms with E-state index < -0.39 is 36.1 Å².